The molecule has 0 aliphatic carbocycles. The molecule has 1 aliphatic heterocycles. The van der Waals surface area contributed by atoms with Gasteiger partial charge in [-0.05, 0) is 34.0 Å². The summed E-state index contributed by atoms with van der Waals surface area (Å²) in [5.74, 6) is 0.913. The van der Waals surface area contributed by atoms with E-state index in [0.29, 0.717) is 16.9 Å². The van der Waals surface area contributed by atoms with E-state index in [1.54, 1.807) is 11.7 Å². The van der Waals surface area contributed by atoms with Crippen molar-refractivity contribution in [1.29, 1.82) is 0 Å². The van der Waals surface area contributed by atoms with Crippen LogP contribution in [-0.4, -0.2) is 26.7 Å². The number of aryl methyl sites for hydroxylation is 1. The zero-order chi connectivity index (χ0) is 13.4. The van der Waals surface area contributed by atoms with E-state index < -0.39 is 6.10 Å². The molecule has 6 heteroatoms. The summed E-state index contributed by atoms with van der Waals surface area (Å²) in [7, 11) is 1.77. The molecule has 100 valence electrons. The van der Waals surface area contributed by atoms with Crippen LogP contribution in [0.3, 0.4) is 0 Å². The minimum atomic E-state index is -0.650. The average molecular weight is 324 g/mol. The second-order valence-electron chi connectivity index (χ2n) is 4.72. The Morgan fingerprint density at radius 2 is 2.26 bits per heavy atom. The molecule has 2 unspecified atom stereocenters. The van der Waals surface area contributed by atoms with Crippen molar-refractivity contribution in [2.24, 2.45) is 13.0 Å². The Kier molecular flexibility index (Phi) is 3.28. The number of aliphatic hydroxyl groups is 1. The first-order valence-electron chi connectivity index (χ1n) is 6.10. The van der Waals surface area contributed by atoms with E-state index in [-0.39, 0.29) is 5.92 Å². The van der Waals surface area contributed by atoms with Crippen LogP contribution in [0.5, 0.6) is 5.75 Å². The van der Waals surface area contributed by atoms with Crippen LogP contribution in [0.15, 0.2) is 28.9 Å². The quantitative estimate of drug-likeness (QED) is 0.916. The molecule has 2 atom stereocenters. The SMILES string of the molecule is Cn1nnc(Br)c1C(O)C1COc2ccccc2C1. The fourth-order valence-electron chi connectivity index (χ4n) is 2.43. The van der Waals surface area contributed by atoms with Gasteiger partial charge < -0.3 is 9.84 Å². The van der Waals surface area contributed by atoms with Gasteiger partial charge in [-0.15, -0.1) is 5.10 Å². The highest BCUT2D eigenvalue weighted by molar-refractivity contribution is 9.10. The molecule has 0 radical (unpaired) electrons. The van der Waals surface area contributed by atoms with E-state index >= 15 is 0 Å². The van der Waals surface area contributed by atoms with Gasteiger partial charge in [0.1, 0.15) is 17.5 Å². The molecule has 1 aromatic carbocycles. The number of benzene rings is 1. The van der Waals surface area contributed by atoms with Crippen LogP contribution in [0, 0.1) is 5.92 Å². The predicted molar refractivity (Wildman–Crippen MR) is 72.8 cm³/mol. The number of para-hydroxylation sites is 1. The Hall–Kier alpha value is -1.40. The summed E-state index contributed by atoms with van der Waals surface area (Å²) in [4.78, 5) is 0. The summed E-state index contributed by atoms with van der Waals surface area (Å²) >= 11 is 3.32. The number of ether oxygens (including phenoxy) is 1. The van der Waals surface area contributed by atoms with Crippen LogP contribution in [0.1, 0.15) is 17.4 Å². The molecular weight excluding hydrogens is 310 g/mol. The summed E-state index contributed by atoms with van der Waals surface area (Å²) in [6, 6.07) is 7.93. The topological polar surface area (TPSA) is 60.2 Å². The molecule has 2 aromatic rings. The number of aliphatic hydroxyl groups excluding tert-OH is 1. The van der Waals surface area contributed by atoms with E-state index in [4.69, 9.17) is 4.74 Å². The molecule has 0 saturated heterocycles. The lowest BCUT2D eigenvalue weighted by atomic mass is 9.91. The van der Waals surface area contributed by atoms with Gasteiger partial charge in [-0.3, -0.25) is 0 Å². The fourth-order valence-corrected chi connectivity index (χ4v) is 2.99. The summed E-state index contributed by atoms with van der Waals surface area (Å²) in [6.07, 6.45) is 0.136. The Labute approximate surface area is 119 Å². The zero-order valence-corrected chi connectivity index (χ0v) is 12.0. The summed E-state index contributed by atoms with van der Waals surface area (Å²) in [5.41, 5.74) is 1.82. The molecule has 1 N–H and O–H groups in total. The molecule has 1 aliphatic rings. The van der Waals surface area contributed by atoms with E-state index in [9.17, 15) is 5.11 Å². The molecule has 0 amide bonds. The second-order valence-corrected chi connectivity index (χ2v) is 5.47. The van der Waals surface area contributed by atoms with Gasteiger partial charge in [-0.2, -0.15) is 0 Å². The van der Waals surface area contributed by atoms with Gasteiger partial charge in [0.15, 0.2) is 4.60 Å². The summed E-state index contributed by atoms with van der Waals surface area (Å²) in [5, 5.41) is 18.3. The molecule has 2 heterocycles. The molecular formula is C13H14BrN3O2. The normalized spacial score (nSPS) is 19.6. The van der Waals surface area contributed by atoms with E-state index in [2.05, 4.69) is 26.2 Å². The number of aromatic nitrogens is 3. The van der Waals surface area contributed by atoms with Crippen molar-refractivity contribution in [2.75, 3.05) is 6.61 Å². The van der Waals surface area contributed by atoms with Gasteiger partial charge in [0.25, 0.3) is 0 Å². The Balaban J connectivity index is 1.85. The minimum Gasteiger partial charge on any atom is -0.493 e. The van der Waals surface area contributed by atoms with Gasteiger partial charge >= 0.3 is 0 Å². The van der Waals surface area contributed by atoms with Crippen molar-refractivity contribution in [3.05, 3.63) is 40.1 Å². The molecule has 19 heavy (non-hydrogen) atoms. The van der Waals surface area contributed by atoms with Gasteiger partial charge in [0, 0.05) is 13.0 Å². The number of halogens is 1. The van der Waals surface area contributed by atoms with Gasteiger partial charge in [0.05, 0.1) is 6.61 Å². The molecule has 0 spiro atoms. The van der Waals surface area contributed by atoms with E-state index in [1.165, 1.54) is 0 Å². The average Bonchev–Trinajstić information content (AvgIpc) is 2.77. The first-order valence-corrected chi connectivity index (χ1v) is 6.90. The summed E-state index contributed by atoms with van der Waals surface area (Å²) < 4.78 is 7.89. The van der Waals surface area contributed by atoms with E-state index in [1.807, 2.05) is 24.3 Å². The molecule has 0 saturated carbocycles. The van der Waals surface area contributed by atoms with Gasteiger partial charge in [-0.25, -0.2) is 4.68 Å². The highest BCUT2D eigenvalue weighted by Crippen LogP contribution is 2.34. The first-order chi connectivity index (χ1) is 9.16. The lowest BCUT2D eigenvalue weighted by molar-refractivity contribution is 0.0581. The Morgan fingerprint density at radius 3 is 3.00 bits per heavy atom. The molecule has 0 bridgehead atoms. The molecule has 1 aromatic heterocycles. The van der Waals surface area contributed by atoms with Crippen LogP contribution in [0.2, 0.25) is 0 Å². The largest absolute Gasteiger partial charge is 0.493 e. The van der Waals surface area contributed by atoms with Crippen molar-refractivity contribution in [3.63, 3.8) is 0 Å². The van der Waals surface area contributed by atoms with Crippen molar-refractivity contribution in [2.45, 2.75) is 12.5 Å². The minimum absolute atomic E-state index is 0.00315. The third-order valence-corrected chi connectivity index (χ3v) is 4.03. The lowest BCUT2D eigenvalue weighted by Crippen LogP contribution is -2.28. The van der Waals surface area contributed by atoms with Gasteiger partial charge in [0.2, 0.25) is 0 Å². The van der Waals surface area contributed by atoms with Crippen molar-refractivity contribution < 1.29 is 9.84 Å². The number of rotatable bonds is 2. The van der Waals surface area contributed by atoms with Crippen LogP contribution in [0.25, 0.3) is 0 Å². The van der Waals surface area contributed by atoms with Crippen LogP contribution >= 0.6 is 15.9 Å². The molecule has 3 rings (SSSR count). The second kappa shape index (κ2) is 4.94. The lowest BCUT2D eigenvalue weighted by Gasteiger charge is -2.28. The smallest absolute Gasteiger partial charge is 0.154 e. The number of fused-ring (bicyclic) bond motifs is 1. The zero-order valence-electron chi connectivity index (χ0n) is 10.5. The van der Waals surface area contributed by atoms with Crippen LogP contribution in [-0.2, 0) is 13.5 Å². The fraction of sp³-hybridized carbons (Fsp3) is 0.385. The van der Waals surface area contributed by atoms with Crippen molar-refractivity contribution in [3.8, 4) is 5.75 Å². The third-order valence-electron chi connectivity index (χ3n) is 3.46. The number of hydrogen-bond acceptors (Lipinski definition) is 4. The molecule has 0 fully saturated rings. The monoisotopic (exact) mass is 323 g/mol. The van der Waals surface area contributed by atoms with Crippen LogP contribution in [0.4, 0.5) is 0 Å². The first kappa shape index (κ1) is 12.6. The molecule has 5 nitrogen and oxygen atoms in total. The van der Waals surface area contributed by atoms with Crippen LogP contribution < -0.4 is 4.74 Å². The maximum absolute atomic E-state index is 10.5. The standard InChI is InChI=1S/C13H14BrN3O2/c1-17-11(13(14)15-16-17)12(18)9-6-8-4-2-3-5-10(8)19-7-9/h2-5,9,12,18H,6-7H2,1H3. The number of nitrogens with zero attached hydrogens (tertiary/aromatic N) is 3. The van der Waals surface area contributed by atoms with Gasteiger partial charge in [-0.1, -0.05) is 23.4 Å². The maximum Gasteiger partial charge on any atom is 0.154 e. The van der Waals surface area contributed by atoms with Crippen molar-refractivity contribution in [1.82, 2.24) is 15.0 Å². The number of hydrogen-bond donors (Lipinski definition) is 1. The Morgan fingerprint density at radius 1 is 1.47 bits per heavy atom. The predicted octanol–water partition coefficient (Wildman–Crippen LogP) is 1.86. The highest BCUT2D eigenvalue weighted by Gasteiger charge is 2.30. The highest BCUT2D eigenvalue weighted by atomic mass is 79.9. The Bertz CT molecular complexity index is 580. The third kappa shape index (κ3) is 2.26. The van der Waals surface area contributed by atoms with E-state index in [0.717, 1.165) is 17.7 Å². The summed E-state index contributed by atoms with van der Waals surface area (Å²) in [6.45, 7) is 0.496. The maximum atomic E-state index is 10.5. The van der Waals surface area contributed by atoms with Crippen molar-refractivity contribution >= 4 is 15.9 Å².